The standard InChI is InChI=1S/C21H25IN2O/c1-14-12-21(2,3)24(4)19-11-20(25-5)15(10-16(14)19)13-23-18-9-7-6-8-17(18)22/h6-11,13-14H,12H2,1-5H3. The quantitative estimate of drug-likeness (QED) is 0.440. The minimum atomic E-state index is 0.146. The van der Waals surface area contributed by atoms with Crippen LogP contribution < -0.4 is 9.64 Å². The fourth-order valence-electron chi connectivity index (χ4n) is 3.58. The van der Waals surface area contributed by atoms with Crippen LogP contribution in [0.5, 0.6) is 5.75 Å². The number of hydrogen-bond acceptors (Lipinski definition) is 3. The summed E-state index contributed by atoms with van der Waals surface area (Å²) in [5.41, 5.74) is 4.78. The molecule has 0 radical (unpaired) electrons. The van der Waals surface area contributed by atoms with E-state index >= 15 is 0 Å². The van der Waals surface area contributed by atoms with Crippen molar-refractivity contribution in [1.29, 1.82) is 0 Å². The van der Waals surface area contributed by atoms with Gasteiger partial charge in [0.1, 0.15) is 5.75 Å². The van der Waals surface area contributed by atoms with E-state index in [0.717, 1.165) is 27.0 Å². The lowest BCUT2D eigenvalue weighted by molar-refractivity contribution is 0.389. The molecule has 1 atom stereocenters. The fourth-order valence-corrected chi connectivity index (χ4v) is 4.11. The van der Waals surface area contributed by atoms with Gasteiger partial charge in [0, 0.05) is 39.7 Å². The van der Waals surface area contributed by atoms with Crippen LogP contribution in [0.15, 0.2) is 41.4 Å². The van der Waals surface area contributed by atoms with Gasteiger partial charge in [-0.3, -0.25) is 4.99 Å². The van der Waals surface area contributed by atoms with Crippen molar-refractivity contribution in [3.63, 3.8) is 0 Å². The largest absolute Gasteiger partial charge is 0.496 e. The minimum absolute atomic E-state index is 0.146. The predicted octanol–water partition coefficient (Wildman–Crippen LogP) is 5.77. The maximum absolute atomic E-state index is 5.66. The summed E-state index contributed by atoms with van der Waals surface area (Å²) in [5.74, 6) is 1.38. The van der Waals surface area contributed by atoms with Crippen LogP contribution in [-0.4, -0.2) is 25.9 Å². The van der Waals surface area contributed by atoms with Crippen LogP contribution in [0.4, 0.5) is 11.4 Å². The van der Waals surface area contributed by atoms with Gasteiger partial charge in [-0.25, -0.2) is 0 Å². The highest BCUT2D eigenvalue weighted by Gasteiger charge is 2.34. The molecule has 2 aromatic rings. The number of aliphatic imine (C=N–C) groups is 1. The molecule has 0 bridgehead atoms. The summed E-state index contributed by atoms with van der Waals surface area (Å²) in [6, 6.07) is 12.5. The topological polar surface area (TPSA) is 24.8 Å². The molecule has 0 aromatic heterocycles. The van der Waals surface area contributed by atoms with E-state index < -0.39 is 0 Å². The number of hydrogen-bond donors (Lipinski definition) is 0. The van der Waals surface area contributed by atoms with Gasteiger partial charge in [-0.1, -0.05) is 19.1 Å². The van der Waals surface area contributed by atoms with Crippen LogP contribution in [0.25, 0.3) is 0 Å². The number of nitrogens with zero attached hydrogens (tertiary/aromatic N) is 2. The maximum atomic E-state index is 5.66. The number of fused-ring (bicyclic) bond motifs is 1. The zero-order valence-corrected chi connectivity index (χ0v) is 17.7. The molecule has 1 aliphatic heterocycles. The molecule has 0 spiro atoms. The highest BCUT2D eigenvalue weighted by molar-refractivity contribution is 14.1. The van der Waals surface area contributed by atoms with E-state index in [1.165, 1.54) is 11.3 Å². The summed E-state index contributed by atoms with van der Waals surface area (Å²) >= 11 is 2.31. The Labute approximate surface area is 164 Å². The highest BCUT2D eigenvalue weighted by atomic mass is 127. The van der Waals surface area contributed by atoms with Gasteiger partial charge in [-0.15, -0.1) is 0 Å². The maximum Gasteiger partial charge on any atom is 0.129 e. The van der Waals surface area contributed by atoms with E-state index in [0.29, 0.717) is 5.92 Å². The van der Waals surface area contributed by atoms with Crippen molar-refractivity contribution in [2.24, 2.45) is 4.99 Å². The van der Waals surface area contributed by atoms with E-state index in [-0.39, 0.29) is 5.54 Å². The molecule has 1 heterocycles. The van der Waals surface area contributed by atoms with E-state index in [1.807, 2.05) is 24.4 Å². The number of ether oxygens (including phenoxy) is 1. The van der Waals surface area contributed by atoms with Crippen LogP contribution in [0.3, 0.4) is 0 Å². The zero-order valence-electron chi connectivity index (χ0n) is 15.5. The summed E-state index contributed by atoms with van der Waals surface area (Å²) < 4.78 is 6.80. The minimum Gasteiger partial charge on any atom is -0.496 e. The average Bonchev–Trinajstić information content (AvgIpc) is 2.58. The highest BCUT2D eigenvalue weighted by Crippen LogP contribution is 2.44. The molecule has 2 aromatic carbocycles. The summed E-state index contributed by atoms with van der Waals surface area (Å²) in [6.45, 7) is 6.90. The molecule has 132 valence electrons. The lowest BCUT2D eigenvalue weighted by Crippen LogP contribution is -2.45. The molecule has 0 saturated carbocycles. The van der Waals surface area contributed by atoms with Crippen molar-refractivity contribution in [3.05, 3.63) is 51.1 Å². The molecule has 3 nitrogen and oxygen atoms in total. The Balaban J connectivity index is 2.05. The third-order valence-electron chi connectivity index (χ3n) is 5.18. The Morgan fingerprint density at radius 3 is 2.68 bits per heavy atom. The molecular formula is C21H25IN2O. The average molecular weight is 448 g/mol. The van der Waals surface area contributed by atoms with E-state index in [9.17, 15) is 0 Å². The van der Waals surface area contributed by atoms with Crippen LogP contribution in [0.1, 0.15) is 44.2 Å². The predicted molar refractivity (Wildman–Crippen MR) is 115 cm³/mol. The van der Waals surface area contributed by atoms with Gasteiger partial charge >= 0.3 is 0 Å². The first-order valence-electron chi connectivity index (χ1n) is 8.58. The van der Waals surface area contributed by atoms with Crippen molar-refractivity contribution >= 4 is 40.2 Å². The van der Waals surface area contributed by atoms with Gasteiger partial charge in [0.05, 0.1) is 12.8 Å². The van der Waals surface area contributed by atoms with Crippen LogP contribution in [0, 0.1) is 3.57 Å². The van der Waals surface area contributed by atoms with Gasteiger partial charge in [0.15, 0.2) is 0 Å². The number of methoxy groups -OCH3 is 1. The molecule has 25 heavy (non-hydrogen) atoms. The molecule has 1 unspecified atom stereocenters. The second-order valence-electron chi connectivity index (χ2n) is 7.34. The number of para-hydroxylation sites is 1. The molecule has 3 rings (SSSR count). The second-order valence-corrected chi connectivity index (χ2v) is 8.50. The van der Waals surface area contributed by atoms with Crippen molar-refractivity contribution in [3.8, 4) is 5.75 Å². The first-order chi connectivity index (χ1) is 11.8. The first-order valence-corrected chi connectivity index (χ1v) is 9.65. The number of rotatable bonds is 3. The van der Waals surface area contributed by atoms with Gasteiger partial charge in [-0.05, 0) is 72.5 Å². The second kappa shape index (κ2) is 6.98. The Hall–Kier alpha value is -1.56. The third kappa shape index (κ3) is 3.54. The molecule has 1 aliphatic rings. The van der Waals surface area contributed by atoms with Gasteiger partial charge in [0.25, 0.3) is 0 Å². The summed E-state index contributed by atoms with van der Waals surface area (Å²) in [7, 11) is 3.90. The van der Waals surface area contributed by atoms with Crippen LogP contribution >= 0.6 is 22.6 Å². The third-order valence-corrected chi connectivity index (χ3v) is 6.09. The van der Waals surface area contributed by atoms with E-state index in [4.69, 9.17) is 4.74 Å². The molecule has 0 aliphatic carbocycles. The zero-order chi connectivity index (χ0) is 18.2. The number of halogens is 1. The molecule has 0 N–H and O–H groups in total. The van der Waals surface area contributed by atoms with Gasteiger partial charge in [0.2, 0.25) is 0 Å². The van der Waals surface area contributed by atoms with E-state index in [1.54, 1.807) is 7.11 Å². The van der Waals surface area contributed by atoms with Crippen molar-refractivity contribution < 1.29 is 4.74 Å². The number of benzene rings is 2. The van der Waals surface area contributed by atoms with Crippen molar-refractivity contribution in [1.82, 2.24) is 0 Å². The monoisotopic (exact) mass is 448 g/mol. The SMILES string of the molecule is COc1cc2c(cc1C=Nc1ccccc1I)C(C)CC(C)(C)N2C. The Morgan fingerprint density at radius 2 is 2.00 bits per heavy atom. The summed E-state index contributed by atoms with van der Waals surface area (Å²) in [4.78, 5) is 7.05. The Kier molecular flexibility index (Phi) is 5.09. The fraction of sp³-hybridized carbons (Fsp3) is 0.381. The van der Waals surface area contributed by atoms with Gasteiger partial charge < -0.3 is 9.64 Å². The lowest BCUT2D eigenvalue weighted by Gasteiger charge is -2.45. The van der Waals surface area contributed by atoms with Gasteiger partial charge in [-0.2, -0.15) is 0 Å². The molecule has 4 heteroatoms. The number of anilines is 1. The molecule has 0 amide bonds. The Bertz CT molecular complexity index is 814. The Morgan fingerprint density at radius 1 is 1.28 bits per heavy atom. The van der Waals surface area contributed by atoms with Crippen molar-refractivity contribution in [2.75, 3.05) is 19.1 Å². The molecule has 0 fully saturated rings. The van der Waals surface area contributed by atoms with Crippen LogP contribution in [-0.2, 0) is 0 Å². The van der Waals surface area contributed by atoms with Crippen molar-refractivity contribution in [2.45, 2.75) is 38.6 Å². The smallest absolute Gasteiger partial charge is 0.129 e. The van der Waals surface area contributed by atoms with Crippen LogP contribution in [0.2, 0.25) is 0 Å². The normalized spacial score (nSPS) is 19.1. The lowest BCUT2D eigenvalue weighted by atomic mass is 9.80. The summed E-state index contributed by atoms with van der Waals surface area (Å²) in [6.07, 6.45) is 3.05. The molecular weight excluding hydrogens is 423 g/mol. The summed E-state index contributed by atoms with van der Waals surface area (Å²) in [5, 5.41) is 0. The van der Waals surface area contributed by atoms with E-state index in [2.05, 4.69) is 78.5 Å². The molecule has 0 saturated heterocycles. The first kappa shape index (κ1) is 18.2.